The zero-order valence-corrected chi connectivity index (χ0v) is 13.1. The molecule has 2 rings (SSSR count). The van der Waals surface area contributed by atoms with Gasteiger partial charge in [-0.15, -0.1) is 0 Å². The van der Waals surface area contributed by atoms with Crippen LogP contribution in [-0.4, -0.2) is 55.0 Å². The maximum atomic E-state index is 12.1. The minimum absolute atomic E-state index is 0.203. The van der Waals surface area contributed by atoms with Gasteiger partial charge in [0.15, 0.2) is 0 Å². The summed E-state index contributed by atoms with van der Waals surface area (Å²) in [7, 11) is 0. The number of rotatable bonds is 2. The summed E-state index contributed by atoms with van der Waals surface area (Å²) in [5, 5.41) is 3.32. The number of nitrogens with zero attached hydrogens (tertiary/aromatic N) is 1. The zero-order valence-electron chi connectivity index (χ0n) is 13.1. The number of nitrogens with one attached hydrogen (secondary N) is 1. The number of hydrogen-bond acceptors (Lipinski definition) is 4. The normalized spacial score (nSPS) is 31.4. The van der Waals surface area contributed by atoms with Gasteiger partial charge in [-0.05, 0) is 40.2 Å². The largest absolute Gasteiger partial charge is 0.444 e. The molecule has 116 valence electrons. The summed E-state index contributed by atoms with van der Waals surface area (Å²) in [6, 6.07) is 0. The van der Waals surface area contributed by atoms with E-state index in [9.17, 15) is 4.79 Å². The molecule has 5 nitrogen and oxygen atoms in total. The molecule has 0 bridgehead atoms. The van der Waals surface area contributed by atoms with Gasteiger partial charge in [0.25, 0.3) is 0 Å². The molecule has 1 amide bonds. The summed E-state index contributed by atoms with van der Waals surface area (Å²) in [6.45, 7) is 11.3. The highest BCUT2D eigenvalue weighted by Gasteiger charge is 2.33. The second kappa shape index (κ2) is 6.31. The second-order valence-corrected chi connectivity index (χ2v) is 6.98. The smallest absolute Gasteiger partial charge is 0.410 e. The minimum atomic E-state index is -0.427. The maximum Gasteiger partial charge on any atom is 0.410 e. The molecular weight excluding hydrogens is 256 g/mol. The Labute approximate surface area is 122 Å². The van der Waals surface area contributed by atoms with E-state index in [1.807, 2.05) is 25.7 Å². The predicted octanol–water partition coefficient (Wildman–Crippen LogP) is 2.01. The van der Waals surface area contributed by atoms with Crippen LogP contribution in [0.2, 0.25) is 0 Å². The van der Waals surface area contributed by atoms with Crippen LogP contribution in [0, 0.1) is 5.92 Å². The van der Waals surface area contributed by atoms with E-state index in [0.29, 0.717) is 12.0 Å². The van der Waals surface area contributed by atoms with Gasteiger partial charge >= 0.3 is 6.09 Å². The molecule has 0 aromatic heterocycles. The van der Waals surface area contributed by atoms with E-state index >= 15 is 0 Å². The molecule has 2 heterocycles. The number of likely N-dealkylation sites (tertiary alicyclic amines) is 1. The van der Waals surface area contributed by atoms with E-state index in [1.54, 1.807) is 0 Å². The van der Waals surface area contributed by atoms with Crippen molar-refractivity contribution in [3.63, 3.8) is 0 Å². The number of ether oxygens (including phenoxy) is 2. The first-order chi connectivity index (χ1) is 9.35. The molecule has 0 radical (unpaired) electrons. The summed E-state index contributed by atoms with van der Waals surface area (Å²) in [4.78, 5) is 13.9. The molecule has 20 heavy (non-hydrogen) atoms. The van der Waals surface area contributed by atoms with Crippen molar-refractivity contribution in [2.45, 2.75) is 58.3 Å². The van der Waals surface area contributed by atoms with E-state index in [1.165, 1.54) is 0 Å². The van der Waals surface area contributed by atoms with Crippen LogP contribution in [0.3, 0.4) is 0 Å². The van der Waals surface area contributed by atoms with Crippen LogP contribution in [0.4, 0.5) is 4.79 Å². The third-order valence-corrected chi connectivity index (χ3v) is 3.86. The van der Waals surface area contributed by atoms with Crippen molar-refractivity contribution >= 4 is 6.09 Å². The topological polar surface area (TPSA) is 50.8 Å². The number of amides is 1. The monoisotopic (exact) mass is 284 g/mol. The molecule has 0 aliphatic carbocycles. The Morgan fingerprint density at radius 2 is 2.05 bits per heavy atom. The maximum absolute atomic E-state index is 12.1. The predicted molar refractivity (Wildman–Crippen MR) is 77.7 cm³/mol. The summed E-state index contributed by atoms with van der Waals surface area (Å²) in [5.41, 5.74) is -0.427. The molecule has 3 atom stereocenters. The van der Waals surface area contributed by atoms with Crippen LogP contribution in [0.25, 0.3) is 0 Å². The number of piperidine rings is 1. The standard InChI is InChI=1S/C15H28N2O3/c1-11-10-17(14(18)20-15(2,3)4)8-6-13(11)19-12-5-7-16-9-12/h11-13,16H,5-10H2,1-4H3. The van der Waals surface area contributed by atoms with Crippen molar-refractivity contribution < 1.29 is 14.3 Å². The average molecular weight is 284 g/mol. The molecule has 0 spiro atoms. The molecule has 2 fully saturated rings. The Hall–Kier alpha value is -0.810. The molecule has 2 aliphatic rings. The molecule has 2 saturated heterocycles. The molecule has 2 aliphatic heterocycles. The van der Waals surface area contributed by atoms with E-state index in [2.05, 4.69) is 12.2 Å². The fourth-order valence-electron chi connectivity index (χ4n) is 2.81. The van der Waals surface area contributed by atoms with Crippen molar-refractivity contribution in [3.8, 4) is 0 Å². The van der Waals surface area contributed by atoms with Gasteiger partial charge < -0.3 is 19.7 Å². The van der Waals surface area contributed by atoms with Crippen molar-refractivity contribution in [1.82, 2.24) is 10.2 Å². The Morgan fingerprint density at radius 1 is 1.30 bits per heavy atom. The van der Waals surface area contributed by atoms with Crippen LogP contribution in [0.1, 0.15) is 40.5 Å². The first kappa shape index (κ1) is 15.6. The lowest BCUT2D eigenvalue weighted by Crippen LogP contribution is -2.48. The van der Waals surface area contributed by atoms with Gasteiger partial charge in [0.1, 0.15) is 5.60 Å². The van der Waals surface area contributed by atoms with Gasteiger partial charge in [0, 0.05) is 25.6 Å². The molecular formula is C15H28N2O3. The summed E-state index contributed by atoms with van der Waals surface area (Å²) in [6.07, 6.45) is 2.40. The fourth-order valence-corrected chi connectivity index (χ4v) is 2.81. The first-order valence-corrected chi connectivity index (χ1v) is 7.69. The van der Waals surface area contributed by atoms with Crippen LogP contribution < -0.4 is 5.32 Å². The Balaban J connectivity index is 1.80. The van der Waals surface area contributed by atoms with Crippen molar-refractivity contribution in [1.29, 1.82) is 0 Å². The lowest BCUT2D eigenvalue weighted by Gasteiger charge is -2.38. The Kier molecular flexibility index (Phi) is 4.91. The molecule has 3 unspecified atom stereocenters. The van der Waals surface area contributed by atoms with Crippen molar-refractivity contribution in [2.24, 2.45) is 5.92 Å². The van der Waals surface area contributed by atoms with Crippen molar-refractivity contribution in [3.05, 3.63) is 0 Å². The number of carbonyl (C=O) groups is 1. The highest BCUT2D eigenvalue weighted by molar-refractivity contribution is 5.68. The Morgan fingerprint density at radius 3 is 2.60 bits per heavy atom. The summed E-state index contributed by atoms with van der Waals surface area (Å²) < 4.78 is 11.6. The third kappa shape index (κ3) is 4.35. The van der Waals surface area contributed by atoms with Gasteiger partial charge in [0.05, 0.1) is 12.2 Å². The lowest BCUT2D eigenvalue weighted by molar-refractivity contribution is -0.0650. The molecule has 1 N–H and O–H groups in total. The average Bonchev–Trinajstić information content (AvgIpc) is 2.82. The number of carbonyl (C=O) groups excluding carboxylic acids is 1. The zero-order chi connectivity index (χ0) is 14.8. The highest BCUT2D eigenvalue weighted by atomic mass is 16.6. The summed E-state index contributed by atoms with van der Waals surface area (Å²) >= 11 is 0. The van der Waals surface area contributed by atoms with E-state index in [-0.39, 0.29) is 12.2 Å². The van der Waals surface area contributed by atoms with Crippen LogP contribution in [0.5, 0.6) is 0 Å². The Bertz CT molecular complexity index is 335. The van der Waals surface area contributed by atoms with Gasteiger partial charge in [0.2, 0.25) is 0 Å². The van der Waals surface area contributed by atoms with Crippen LogP contribution in [-0.2, 0) is 9.47 Å². The van der Waals surface area contributed by atoms with Crippen LogP contribution in [0.15, 0.2) is 0 Å². The molecule has 5 heteroatoms. The third-order valence-electron chi connectivity index (χ3n) is 3.86. The van der Waals surface area contributed by atoms with E-state index < -0.39 is 5.60 Å². The number of hydrogen-bond donors (Lipinski definition) is 1. The van der Waals surface area contributed by atoms with Crippen LogP contribution >= 0.6 is 0 Å². The van der Waals surface area contributed by atoms with Gasteiger partial charge in [-0.3, -0.25) is 0 Å². The molecule has 0 saturated carbocycles. The van der Waals surface area contributed by atoms with E-state index in [0.717, 1.165) is 39.0 Å². The minimum Gasteiger partial charge on any atom is -0.444 e. The van der Waals surface area contributed by atoms with Gasteiger partial charge in [-0.1, -0.05) is 6.92 Å². The fraction of sp³-hybridized carbons (Fsp3) is 0.933. The quantitative estimate of drug-likeness (QED) is 0.843. The molecule has 0 aromatic rings. The van der Waals surface area contributed by atoms with Gasteiger partial charge in [-0.2, -0.15) is 0 Å². The SMILES string of the molecule is CC1CN(C(=O)OC(C)(C)C)CCC1OC1CCNC1. The highest BCUT2D eigenvalue weighted by Crippen LogP contribution is 2.24. The summed E-state index contributed by atoms with van der Waals surface area (Å²) in [5.74, 6) is 0.358. The lowest BCUT2D eigenvalue weighted by atomic mass is 9.96. The van der Waals surface area contributed by atoms with E-state index in [4.69, 9.17) is 9.47 Å². The molecule has 0 aromatic carbocycles. The van der Waals surface area contributed by atoms with Crippen molar-refractivity contribution in [2.75, 3.05) is 26.2 Å². The first-order valence-electron chi connectivity index (χ1n) is 7.69. The van der Waals surface area contributed by atoms with Gasteiger partial charge in [-0.25, -0.2) is 4.79 Å². The second-order valence-electron chi connectivity index (χ2n) is 6.98.